The Balaban J connectivity index is 1.64. The Morgan fingerprint density at radius 1 is 0.862 bits per heavy atom. The first kappa shape index (κ1) is 21.2. The summed E-state index contributed by atoms with van der Waals surface area (Å²) in [5.41, 5.74) is 0.416. The number of aryl methyl sites for hydroxylation is 1. The van der Waals surface area contributed by atoms with Gasteiger partial charge in [0.15, 0.2) is 11.6 Å². The molecule has 2 aromatic rings. The summed E-state index contributed by atoms with van der Waals surface area (Å²) in [6, 6.07) is 5.74. The third-order valence-corrected chi connectivity index (χ3v) is 5.55. The number of hydrogen-bond donors (Lipinski definition) is 0. The molecule has 0 atom stereocenters. The Morgan fingerprint density at radius 2 is 1.55 bits per heavy atom. The molecule has 1 saturated carbocycles. The fraction of sp³-hybridized carbons (Fsp3) is 0.360. The molecule has 0 heterocycles. The maximum atomic E-state index is 14.4. The molecule has 0 aromatic heterocycles. The first-order chi connectivity index (χ1) is 14.0. The van der Waals surface area contributed by atoms with Gasteiger partial charge in [-0.25, -0.2) is 17.6 Å². The van der Waals surface area contributed by atoms with Gasteiger partial charge in [-0.3, -0.25) is 0 Å². The lowest BCUT2D eigenvalue weighted by Gasteiger charge is -2.26. The van der Waals surface area contributed by atoms with Crippen LogP contribution in [-0.4, -0.2) is 0 Å². The smallest absolute Gasteiger partial charge is 0.160 e. The second-order valence-electron chi connectivity index (χ2n) is 7.66. The molecule has 1 fully saturated rings. The molecule has 0 aliphatic heterocycles. The van der Waals surface area contributed by atoms with Crippen molar-refractivity contribution >= 4 is 0 Å². The van der Waals surface area contributed by atoms with Crippen LogP contribution in [0.4, 0.5) is 17.6 Å². The van der Waals surface area contributed by atoms with Crippen LogP contribution >= 0.6 is 0 Å². The standard InChI is InChI=1S/C25H24F4/c1-2-3-17-4-6-18(7-5-17)8-9-20-15-23(27)21(24(28)16-20)12-10-19-11-13-22(26)25(29)14-19/h2-3,11,13-18H,4-9H2,1H3/t17-,18-. The molecule has 3 rings (SSSR count). The predicted molar refractivity (Wildman–Crippen MR) is 107 cm³/mol. The zero-order valence-corrected chi connectivity index (χ0v) is 16.5. The van der Waals surface area contributed by atoms with Crippen molar-refractivity contribution in [3.63, 3.8) is 0 Å². The highest BCUT2D eigenvalue weighted by molar-refractivity contribution is 5.45. The monoisotopic (exact) mass is 400 g/mol. The average Bonchev–Trinajstić information content (AvgIpc) is 2.70. The van der Waals surface area contributed by atoms with Gasteiger partial charge in [-0.2, -0.15) is 0 Å². The molecule has 1 aliphatic rings. The van der Waals surface area contributed by atoms with Gasteiger partial charge in [0.05, 0.1) is 5.56 Å². The summed E-state index contributed by atoms with van der Waals surface area (Å²) >= 11 is 0. The van der Waals surface area contributed by atoms with Crippen molar-refractivity contribution in [3.8, 4) is 11.8 Å². The first-order valence-electron chi connectivity index (χ1n) is 10.0. The molecule has 0 spiro atoms. The van der Waals surface area contributed by atoms with Crippen LogP contribution in [0.25, 0.3) is 0 Å². The van der Waals surface area contributed by atoms with Crippen LogP contribution < -0.4 is 0 Å². The Morgan fingerprint density at radius 3 is 2.17 bits per heavy atom. The molecule has 0 saturated heterocycles. The van der Waals surface area contributed by atoms with Gasteiger partial charge in [0, 0.05) is 5.56 Å². The van der Waals surface area contributed by atoms with E-state index in [0.717, 1.165) is 31.4 Å². The maximum absolute atomic E-state index is 14.4. The summed E-state index contributed by atoms with van der Waals surface area (Å²) in [5.74, 6) is 2.64. The summed E-state index contributed by atoms with van der Waals surface area (Å²) in [6.07, 6.45) is 10.6. The van der Waals surface area contributed by atoms with Gasteiger partial charge in [-0.1, -0.05) is 24.0 Å². The Hall–Kier alpha value is -2.54. The quantitative estimate of drug-likeness (QED) is 0.296. The zero-order chi connectivity index (χ0) is 20.8. The number of halogens is 4. The van der Waals surface area contributed by atoms with Gasteiger partial charge in [-0.05, 0) is 93.2 Å². The van der Waals surface area contributed by atoms with Crippen LogP contribution in [0.5, 0.6) is 0 Å². The molecule has 152 valence electrons. The van der Waals surface area contributed by atoms with E-state index in [0.29, 0.717) is 23.8 Å². The van der Waals surface area contributed by atoms with Crippen molar-refractivity contribution in [3.05, 3.63) is 82.4 Å². The van der Waals surface area contributed by atoms with Crippen LogP contribution in [0.1, 0.15) is 55.7 Å². The number of benzene rings is 2. The summed E-state index contributed by atoms with van der Waals surface area (Å²) in [7, 11) is 0. The highest BCUT2D eigenvalue weighted by Crippen LogP contribution is 2.32. The number of hydrogen-bond acceptors (Lipinski definition) is 0. The third kappa shape index (κ3) is 5.73. The van der Waals surface area contributed by atoms with E-state index in [1.165, 1.54) is 31.0 Å². The van der Waals surface area contributed by atoms with E-state index in [1.54, 1.807) is 0 Å². The highest BCUT2D eigenvalue weighted by atomic mass is 19.2. The van der Waals surface area contributed by atoms with Gasteiger partial charge in [-0.15, -0.1) is 0 Å². The molecule has 0 N–H and O–H groups in total. The molecule has 0 radical (unpaired) electrons. The van der Waals surface area contributed by atoms with Crippen LogP contribution in [-0.2, 0) is 6.42 Å². The molecule has 1 aliphatic carbocycles. The van der Waals surface area contributed by atoms with Gasteiger partial charge >= 0.3 is 0 Å². The van der Waals surface area contributed by atoms with Crippen LogP contribution in [0.2, 0.25) is 0 Å². The molecule has 4 heteroatoms. The lowest BCUT2D eigenvalue weighted by Crippen LogP contribution is -2.13. The maximum Gasteiger partial charge on any atom is 0.160 e. The van der Waals surface area contributed by atoms with Crippen molar-refractivity contribution in [1.29, 1.82) is 0 Å². The fourth-order valence-electron chi connectivity index (χ4n) is 3.91. The predicted octanol–water partition coefficient (Wildman–Crippen LogP) is 6.96. The lowest BCUT2D eigenvalue weighted by molar-refractivity contribution is 0.296. The average molecular weight is 400 g/mol. The zero-order valence-electron chi connectivity index (χ0n) is 16.5. The van der Waals surface area contributed by atoms with Gasteiger partial charge in [0.1, 0.15) is 11.6 Å². The van der Waals surface area contributed by atoms with E-state index >= 15 is 0 Å². The van der Waals surface area contributed by atoms with E-state index in [9.17, 15) is 17.6 Å². The number of allylic oxidation sites excluding steroid dienone is 2. The second-order valence-corrected chi connectivity index (χ2v) is 7.66. The molecule has 0 bridgehead atoms. The van der Waals surface area contributed by atoms with Crippen LogP contribution in [0.15, 0.2) is 42.5 Å². The van der Waals surface area contributed by atoms with Crippen LogP contribution in [0, 0.1) is 46.9 Å². The molecule has 0 nitrogen and oxygen atoms in total. The van der Waals surface area contributed by atoms with E-state index in [1.807, 2.05) is 6.92 Å². The van der Waals surface area contributed by atoms with E-state index in [4.69, 9.17) is 0 Å². The van der Waals surface area contributed by atoms with Crippen molar-refractivity contribution in [2.24, 2.45) is 11.8 Å². The molecule has 0 amide bonds. The normalized spacial score (nSPS) is 19.2. The molecule has 2 aromatic carbocycles. The van der Waals surface area contributed by atoms with Crippen molar-refractivity contribution in [1.82, 2.24) is 0 Å². The van der Waals surface area contributed by atoms with Crippen molar-refractivity contribution in [2.45, 2.75) is 45.4 Å². The second kappa shape index (κ2) is 9.78. The summed E-state index contributed by atoms with van der Waals surface area (Å²) in [6.45, 7) is 2.04. The Bertz CT molecular complexity index is 918. The summed E-state index contributed by atoms with van der Waals surface area (Å²) in [4.78, 5) is 0. The Labute approximate surface area is 169 Å². The Kier molecular flexibility index (Phi) is 7.14. The molecule has 0 unspecified atom stereocenters. The molecule has 29 heavy (non-hydrogen) atoms. The van der Waals surface area contributed by atoms with E-state index in [2.05, 4.69) is 24.0 Å². The fourth-order valence-corrected chi connectivity index (χ4v) is 3.91. The highest BCUT2D eigenvalue weighted by Gasteiger charge is 2.19. The van der Waals surface area contributed by atoms with Crippen molar-refractivity contribution in [2.75, 3.05) is 0 Å². The summed E-state index contributed by atoms with van der Waals surface area (Å²) in [5, 5.41) is 0. The van der Waals surface area contributed by atoms with Gasteiger partial charge in [0.25, 0.3) is 0 Å². The minimum atomic E-state index is -1.05. The SMILES string of the molecule is CC=C[C@H]1CC[C@H](CCc2cc(F)c(C#Cc3ccc(F)c(F)c3)c(F)c2)CC1. The topological polar surface area (TPSA) is 0 Å². The van der Waals surface area contributed by atoms with E-state index < -0.39 is 23.3 Å². The third-order valence-electron chi connectivity index (χ3n) is 5.55. The van der Waals surface area contributed by atoms with Gasteiger partial charge in [0.2, 0.25) is 0 Å². The number of rotatable bonds is 4. The van der Waals surface area contributed by atoms with Gasteiger partial charge < -0.3 is 0 Å². The largest absolute Gasteiger partial charge is 0.206 e. The van der Waals surface area contributed by atoms with Crippen molar-refractivity contribution < 1.29 is 17.6 Å². The van der Waals surface area contributed by atoms with Crippen LogP contribution in [0.3, 0.4) is 0 Å². The van der Waals surface area contributed by atoms with E-state index in [-0.39, 0.29) is 11.1 Å². The first-order valence-corrected chi connectivity index (χ1v) is 10.0. The minimum Gasteiger partial charge on any atom is -0.206 e. The molecular formula is C25H24F4. The molecular weight excluding hydrogens is 376 g/mol. The minimum absolute atomic E-state index is 0.153. The summed E-state index contributed by atoms with van der Waals surface area (Å²) < 4.78 is 54.9. The lowest BCUT2D eigenvalue weighted by atomic mass is 9.79.